The van der Waals surface area contributed by atoms with Gasteiger partial charge in [0.1, 0.15) is 0 Å². The van der Waals surface area contributed by atoms with Crippen LogP contribution in [0.1, 0.15) is 34.1 Å². The van der Waals surface area contributed by atoms with Crippen LogP contribution in [0.3, 0.4) is 0 Å². The number of rotatable bonds is 5. The molecule has 0 aliphatic carbocycles. The molecule has 1 atom stereocenters. The Bertz CT molecular complexity index is 798. The summed E-state index contributed by atoms with van der Waals surface area (Å²) < 4.78 is 0.607. The lowest BCUT2D eigenvalue weighted by molar-refractivity contribution is -0.607. The van der Waals surface area contributed by atoms with Crippen molar-refractivity contribution in [3.05, 3.63) is 94.2 Å². The summed E-state index contributed by atoms with van der Waals surface area (Å²) in [6.07, 6.45) is 3.35. The van der Waals surface area contributed by atoms with E-state index in [1.165, 1.54) is 6.20 Å². The summed E-state index contributed by atoms with van der Waals surface area (Å²) in [5.74, 6) is -0.356. The van der Waals surface area contributed by atoms with Gasteiger partial charge in [-0.2, -0.15) is 4.73 Å². The first-order chi connectivity index (χ1) is 11.1. The number of halogens is 1. The maximum absolute atomic E-state index is 12.6. The van der Waals surface area contributed by atoms with E-state index in [1.807, 2.05) is 30.5 Å². The zero-order chi connectivity index (χ0) is 16.2. The second-order valence-electron chi connectivity index (χ2n) is 5.27. The van der Waals surface area contributed by atoms with Crippen molar-refractivity contribution in [1.82, 2.24) is 4.98 Å². The monoisotopic (exact) mass is 326 g/mol. The molecule has 0 bridgehead atoms. The molecule has 0 unspecified atom stereocenters. The van der Waals surface area contributed by atoms with E-state index in [0.717, 1.165) is 11.3 Å². The standard InChI is InChI=1S/C18H15ClN2O2/c19-14-8-6-13(7-9-14)15(16-4-3-10-20-16)12-18(22)17-5-1-2-11-21(17)23/h1-11,15,20H,12H2/t15-/m0/s1. The second-order valence-corrected chi connectivity index (χ2v) is 5.71. The van der Waals surface area contributed by atoms with Crippen molar-refractivity contribution in [2.75, 3.05) is 0 Å². The van der Waals surface area contributed by atoms with Gasteiger partial charge in [0, 0.05) is 41.4 Å². The normalized spacial score (nSPS) is 12.0. The van der Waals surface area contributed by atoms with E-state index in [9.17, 15) is 10.0 Å². The van der Waals surface area contributed by atoms with Gasteiger partial charge in [0.25, 0.3) is 5.69 Å². The Labute approximate surface area is 138 Å². The van der Waals surface area contributed by atoms with E-state index in [1.54, 1.807) is 30.3 Å². The minimum Gasteiger partial charge on any atom is -0.618 e. The van der Waals surface area contributed by atoms with Gasteiger partial charge in [-0.1, -0.05) is 23.7 Å². The number of carbonyl (C=O) groups excluding carboxylic acids is 1. The maximum Gasteiger partial charge on any atom is 0.259 e. The first-order valence-electron chi connectivity index (χ1n) is 7.25. The number of benzene rings is 1. The fraction of sp³-hybridized carbons (Fsp3) is 0.111. The predicted octanol–water partition coefficient (Wildman–Crippen LogP) is 3.71. The van der Waals surface area contributed by atoms with E-state index in [2.05, 4.69) is 4.98 Å². The number of hydrogen-bond donors (Lipinski definition) is 1. The number of Topliss-reactive ketones (excluding diaryl/α,β-unsaturated/α-hetero) is 1. The lowest BCUT2D eigenvalue weighted by Gasteiger charge is -2.15. The van der Waals surface area contributed by atoms with E-state index in [4.69, 9.17) is 11.6 Å². The van der Waals surface area contributed by atoms with Crippen LogP contribution in [-0.2, 0) is 0 Å². The number of carbonyl (C=O) groups is 1. The zero-order valence-corrected chi connectivity index (χ0v) is 13.0. The van der Waals surface area contributed by atoms with Crippen molar-refractivity contribution in [2.45, 2.75) is 12.3 Å². The number of H-pyrrole nitrogens is 1. The van der Waals surface area contributed by atoms with Crippen LogP contribution in [0.5, 0.6) is 0 Å². The molecule has 0 aliphatic heterocycles. The molecule has 0 radical (unpaired) electrons. The number of aromatic nitrogens is 2. The summed E-state index contributed by atoms with van der Waals surface area (Å²) in [5.41, 5.74) is 2.05. The Morgan fingerprint density at radius 3 is 2.57 bits per heavy atom. The van der Waals surface area contributed by atoms with Gasteiger partial charge in [0.05, 0.1) is 0 Å². The molecule has 0 fully saturated rings. The van der Waals surface area contributed by atoms with Crippen LogP contribution in [0.2, 0.25) is 5.02 Å². The minimum absolute atomic E-state index is 0.151. The number of nitrogens with zero attached hydrogens (tertiary/aromatic N) is 1. The predicted molar refractivity (Wildman–Crippen MR) is 88.4 cm³/mol. The van der Waals surface area contributed by atoms with Gasteiger partial charge in [0.15, 0.2) is 6.20 Å². The lowest BCUT2D eigenvalue weighted by atomic mass is 9.90. The third-order valence-electron chi connectivity index (χ3n) is 3.77. The number of aromatic amines is 1. The zero-order valence-electron chi connectivity index (χ0n) is 12.3. The highest BCUT2D eigenvalue weighted by atomic mass is 35.5. The Morgan fingerprint density at radius 2 is 1.91 bits per heavy atom. The molecule has 0 saturated heterocycles. The van der Waals surface area contributed by atoms with Gasteiger partial charge in [-0.15, -0.1) is 0 Å². The van der Waals surface area contributed by atoms with Gasteiger partial charge < -0.3 is 10.2 Å². The molecule has 1 N–H and O–H groups in total. The molecule has 3 rings (SSSR count). The Kier molecular flexibility index (Phi) is 4.44. The molecule has 3 aromatic rings. The molecule has 5 heteroatoms. The largest absolute Gasteiger partial charge is 0.618 e. The first kappa shape index (κ1) is 15.3. The maximum atomic E-state index is 12.6. The number of ketones is 1. The Hall–Kier alpha value is -2.59. The highest BCUT2D eigenvalue weighted by molar-refractivity contribution is 6.30. The van der Waals surface area contributed by atoms with Crippen LogP contribution in [0, 0.1) is 5.21 Å². The molecule has 0 spiro atoms. The minimum atomic E-state index is -0.199. The van der Waals surface area contributed by atoms with E-state index < -0.39 is 0 Å². The number of hydrogen-bond acceptors (Lipinski definition) is 2. The van der Waals surface area contributed by atoms with Crippen LogP contribution in [-0.4, -0.2) is 10.8 Å². The lowest BCUT2D eigenvalue weighted by Crippen LogP contribution is -2.34. The topological polar surface area (TPSA) is 59.8 Å². The third-order valence-corrected chi connectivity index (χ3v) is 4.02. The van der Waals surface area contributed by atoms with Crippen molar-refractivity contribution in [3.63, 3.8) is 0 Å². The van der Waals surface area contributed by atoms with Gasteiger partial charge in [-0.25, -0.2) is 0 Å². The average molecular weight is 327 g/mol. The van der Waals surface area contributed by atoms with Crippen LogP contribution in [0.4, 0.5) is 0 Å². The summed E-state index contributed by atoms with van der Waals surface area (Å²) in [5, 5.41) is 12.4. The molecular weight excluding hydrogens is 312 g/mol. The number of nitrogens with one attached hydrogen (secondary N) is 1. The van der Waals surface area contributed by atoms with Crippen molar-refractivity contribution in [1.29, 1.82) is 0 Å². The quantitative estimate of drug-likeness (QED) is 0.441. The Balaban J connectivity index is 1.92. The molecule has 23 heavy (non-hydrogen) atoms. The van der Waals surface area contributed by atoms with E-state index in [0.29, 0.717) is 9.75 Å². The molecule has 2 aromatic heterocycles. The number of pyridine rings is 1. The van der Waals surface area contributed by atoms with E-state index in [-0.39, 0.29) is 23.8 Å². The summed E-state index contributed by atoms with van der Waals surface area (Å²) in [7, 11) is 0. The Morgan fingerprint density at radius 1 is 1.13 bits per heavy atom. The van der Waals surface area contributed by atoms with Crippen LogP contribution < -0.4 is 4.73 Å². The molecule has 1 aromatic carbocycles. The van der Waals surface area contributed by atoms with E-state index >= 15 is 0 Å². The second kappa shape index (κ2) is 6.67. The molecular formula is C18H15ClN2O2. The van der Waals surface area contributed by atoms with Gasteiger partial charge >= 0.3 is 0 Å². The molecule has 0 amide bonds. The third kappa shape index (κ3) is 3.43. The summed E-state index contributed by atoms with van der Waals surface area (Å²) in [4.78, 5) is 15.7. The molecule has 4 nitrogen and oxygen atoms in total. The summed E-state index contributed by atoms with van der Waals surface area (Å²) >= 11 is 5.94. The molecule has 2 heterocycles. The van der Waals surface area contributed by atoms with Gasteiger partial charge in [0.2, 0.25) is 5.78 Å². The van der Waals surface area contributed by atoms with Crippen LogP contribution in [0.15, 0.2) is 67.0 Å². The highest BCUT2D eigenvalue weighted by Gasteiger charge is 2.23. The van der Waals surface area contributed by atoms with Crippen molar-refractivity contribution >= 4 is 17.4 Å². The summed E-state index contributed by atoms with van der Waals surface area (Å²) in [6.45, 7) is 0. The van der Waals surface area contributed by atoms with Gasteiger partial charge in [-0.05, 0) is 35.9 Å². The van der Waals surface area contributed by atoms with Crippen LogP contribution in [0.25, 0.3) is 0 Å². The van der Waals surface area contributed by atoms with Crippen molar-refractivity contribution < 1.29 is 9.52 Å². The molecule has 116 valence electrons. The fourth-order valence-corrected chi connectivity index (χ4v) is 2.72. The van der Waals surface area contributed by atoms with Gasteiger partial charge in [-0.3, -0.25) is 4.79 Å². The smallest absolute Gasteiger partial charge is 0.259 e. The molecule has 0 aliphatic rings. The average Bonchev–Trinajstić information content (AvgIpc) is 3.08. The first-order valence-corrected chi connectivity index (χ1v) is 7.63. The SMILES string of the molecule is O=C(C[C@@H](c1ccc(Cl)cc1)c1ccc[nH]1)c1cccc[n+]1[O-]. The van der Waals surface area contributed by atoms with Crippen molar-refractivity contribution in [3.8, 4) is 0 Å². The summed E-state index contributed by atoms with van der Waals surface area (Å²) in [6, 6.07) is 16.1. The van der Waals surface area contributed by atoms with Crippen molar-refractivity contribution in [2.24, 2.45) is 0 Å². The fourth-order valence-electron chi connectivity index (χ4n) is 2.60. The molecule has 0 saturated carbocycles. The highest BCUT2D eigenvalue weighted by Crippen LogP contribution is 2.29. The van der Waals surface area contributed by atoms with Crippen LogP contribution >= 0.6 is 11.6 Å².